The fourth-order valence-corrected chi connectivity index (χ4v) is 3.20. The summed E-state index contributed by atoms with van der Waals surface area (Å²) < 4.78 is 13.1. The molecule has 2 aromatic carbocycles. The Bertz CT molecular complexity index is 680. The van der Waals surface area contributed by atoms with E-state index in [9.17, 15) is 0 Å². The van der Waals surface area contributed by atoms with Crippen molar-refractivity contribution in [3.8, 4) is 11.5 Å². The summed E-state index contributed by atoms with van der Waals surface area (Å²) in [4.78, 5) is 2.27. The van der Waals surface area contributed by atoms with Crippen LogP contribution in [0.4, 0.5) is 0 Å². The Morgan fingerprint density at radius 3 is 2.83 bits per heavy atom. The van der Waals surface area contributed by atoms with Gasteiger partial charge in [0.15, 0.2) is 11.5 Å². The lowest BCUT2D eigenvalue weighted by Crippen LogP contribution is -2.21. The van der Waals surface area contributed by atoms with E-state index >= 15 is 0 Å². The standard InChI is InChI=1S/C18H19BrClNO2/c1-21-8-7-16(11-21)23-18-10-14(19)5-6-17(18)22-12-13-3-2-4-15(20)9-13/h2-6,9-10,16H,7-8,11-12H2,1H3. The van der Waals surface area contributed by atoms with Crippen molar-refractivity contribution in [2.24, 2.45) is 0 Å². The summed E-state index contributed by atoms with van der Waals surface area (Å²) in [5, 5.41) is 0.715. The zero-order valence-electron chi connectivity index (χ0n) is 13.0. The highest BCUT2D eigenvalue weighted by molar-refractivity contribution is 9.10. The second-order valence-corrected chi connectivity index (χ2v) is 7.15. The third kappa shape index (κ3) is 4.63. The topological polar surface area (TPSA) is 21.7 Å². The number of likely N-dealkylation sites (tertiary alicyclic amines) is 1. The summed E-state index contributed by atoms with van der Waals surface area (Å²) in [6.07, 6.45) is 1.25. The van der Waals surface area contributed by atoms with Crippen LogP contribution in [0.5, 0.6) is 11.5 Å². The third-order valence-corrected chi connectivity index (χ3v) is 4.56. The first-order valence-electron chi connectivity index (χ1n) is 7.62. The molecule has 1 heterocycles. The van der Waals surface area contributed by atoms with E-state index in [0.717, 1.165) is 41.0 Å². The molecule has 1 unspecified atom stereocenters. The summed E-state index contributed by atoms with van der Waals surface area (Å²) in [5.41, 5.74) is 1.03. The molecule has 1 aliphatic heterocycles. The Morgan fingerprint density at radius 2 is 2.09 bits per heavy atom. The van der Waals surface area contributed by atoms with Crippen molar-refractivity contribution >= 4 is 27.5 Å². The summed E-state index contributed by atoms with van der Waals surface area (Å²) in [7, 11) is 2.11. The van der Waals surface area contributed by atoms with Crippen molar-refractivity contribution in [2.45, 2.75) is 19.1 Å². The predicted octanol–water partition coefficient (Wildman–Crippen LogP) is 4.76. The normalized spacial score (nSPS) is 18.1. The van der Waals surface area contributed by atoms with Crippen molar-refractivity contribution in [1.29, 1.82) is 0 Å². The summed E-state index contributed by atoms with van der Waals surface area (Å²) >= 11 is 9.51. The Hall–Kier alpha value is -1.23. The molecule has 0 saturated carbocycles. The molecule has 1 atom stereocenters. The summed E-state index contributed by atoms with van der Waals surface area (Å²) in [5.74, 6) is 1.53. The zero-order valence-corrected chi connectivity index (χ0v) is 15.3. The van der Waals surface area contributed by atoms with Crippen LogP contribution in [0.25, 0.3) is 0 Å². The first kappa shape index (κ1) is 16.6. The summed E-state index contributed by atoms with van der Waals surface area (Å²) in [6.45, 7) is 2.47. The van der Waals surface area contributed by atoms with E-state index in [2.05, 4.69) is 27.9 Å². The van der Waals surface area contributed by atoms with Gasteiger partial charge in [0.1, 0.15) is 12.7 Å². The van der Waals surface area contributed by atoms with E-state index in [1.165, 1.54) is 0 Å². The molecular formula is C18H19BrClNO2. The van der Waals surface area contributed by atoms with Crippen molar-refractivity contribution < 1.29 is 9.47 Å². The van der Waals surface area contributed by atoms with Crippen LogP contribution in [0.2, 0.25) is 5.02 Å². The lowest BCUT2D eigenvalue weighted by Gasteiger charge is -2.17. The van der Waals surface area contributed by atoms with Gasteiger partial charge in [0.25, 0.3) is 0 Å². The number of rotatable bonds is 5. The number of likely N-dealkylation sites (N-methyl/N-ethyl adjacent to an activating group) is 1. The van der Waals surface area contributed by atoms with E-state index in [4.69, 9.17) is 21.1 Å². The van der Waals surface area contributed by atoms with Gasteiger partial charge in [-0.1, -0.05) is 39.7 Å². The average Bonchev–Trinajstić information content (AvgIpc) is 2.92. The lowest BCUT2D eigenvalue weighted by molar-refractivity contribution is 0.192. The van der Waals surface area contributed by atoms with Gasteiger partial charge in [-0.25, -0.2) is 0 Å². The summed E-state index contributed by atoms with van der Waals surface area (Å²) in [6, 6.07) is 13.5. The molecule has 0 radical (unpaired) electrons. The predicted molar refractivity (Wildman–Crippen MR) is 96.5 cm³/mol. The van der Waals surface area contributed by atoms with Gasteiger partial charge >= 0.3 is 0 Å². The molecular weight excluding hydrogens is 378 g/mol. The SMILES string of the molecule is CN1CCC(Oc2cc(Br)ccc2OCc2cccc(Cl)c2)C1. The van der Waals surface area contributed by atoms with Crippen molar-refractivity contribution in [3.05, 3.63) is 57.5 Å². The first-order chi connectivity index (χ1) is 11.1. The lowest BCUT2D eigenvalue weighted by atomic mass is 10.2. The van der Waals surface area contributed by atoms with Crippen molar-refractivity contribution in [2.75, 3.05) is 20.1 Å². The van der Waals surface area contributed by atoms with Gasteiger partial charge in [0.2, 0.25) is 0 Å². The Balaban J connectivity index is 1.71. The average molecular weight is 397 g/mol. The molecule has 3 rings (SSSR count). The van der Waals surface area contributed by atoms with E-state index in [1.54, 1.807) is 0 Å². The molecule has 1 aliphatic rings. The van der Waals surface area contributed by atoms with Crippen LogP contribution in [0.1, 0.15) is 12.0 Å². The highest BCUT2D eigenvalue weighted by atomic mass is 79.9. The smallest absolute Gasteiger partial charge is 0.162 e. The minimum atomic E-state index is 0.211. The molecule has 0 N–H and O–H groups in total. The highest BCUT2D eigenvalue weighted by Crippen LogP contribution is 2.33. The third-order valence-electron chi connectivity index (χ3n) is 3.83. The van der Waals surface area contributed by atoms with Crippen LogP contribution in [0, 0.1) is 0 Å². The van der Waals surface area contributed by atoms with E-state index in [0.29, 0.717) is 11.6 Å². The minimum Gasteiger partial charge on any atom is -0.485 e. The maximum Gasteiger partial charge on any atom is 0.162 e. The zero-order chi connectivity index (χ0) is 16.2. The van der Waals surface area contributed by atoms with Gasteiger partial charge in [-0.2, -0.15) is 0 Å². The quantitative estimate of drug-likeness (QED) is 0.727. The van der Waals surface area contributed by atoms with Crippen LogP contribution < -0.4 is 9.47 Å². The highest BCUT2D eigenvalue weighted by Gasteiger charge is 2.22. The number of nitrogens with zero attached hydrogens (tertiary/aromatic N) is 1. The fraction of sp³-hybridized carbons (Fsp3) is 0.333. The Morgan fingerprint density at radius 1 is 1.22 bits per heavy atom. The maximum absolute atomic E-state index is 6.15. The van der Waals surface area contributed by atoms with Crippen LogP contribution >= 0.6 is 27.5 Å². The van der Waals surface area contributed by atoms with Crippen LogP contribution in [0.15, 0.2) is 46.9 Å². The van der Waals surface area contributed by atoms with Crippen molar-refractivity contribution in [3.63, 3.8) is 0 Å². The van der Waals surface area contributed by atoms with E-state index in [1.807, 2.05) is 42.5 Å². The van der Waals surface area contributed by atoms with Crippen molar-refractivity contribution in [1.82, 2.24) is 4.90 Å². The molecule has 0 aliphatic carbocycles. The molecule has 3 nitrogen and oxygen atoms in total. The number of ether oxygens (including phenoxy) is 2. The molecule has 1 fully saturated rings. The van der Waals surface area contributed by atoms with Gasteiger partial charge in [-0.05, 0) is 49.4 Å². The maximum atomic E-state index is 6.15. The minimum absolute atomic E-state index is 0.211. The molecule has 0 bridgehead atoms. The van der Waals surface area contributed by atoms with Gasteiger partial charge in [0.05, 0.1) is 0 Å². The van der Waals surface area contributed by atoms with Gasteiger partial charge in [0, 0.05) is 22.6 Å². The first-order valence-corrected chi connectivity index (χ1v) is 8.79. The molecule has 0 amide bonds. The number of hydrogen-bond acceptors (Lipinski definition) is 3. The van der Waals surface area contributed by atoms with Gasteiger partial charge < -0.3 is 14.4 Å². The van der Waals surface area contributed by atoms with E-state index in [-0.39, 0.29) is 6.10 Å². The molecule has 5 heteroatoms. The molecule has 2 aromatic rings. The van der Waals surface area contributed by atoms with Gasteiger partial charge in [-0.15, -0.1) is 0 Å². The molecule has 1 saturated heterocycles. The van der Waals surface area contributed by atoms with Crippen LogP contribution in [-0.4, -0.2) is 31.1 Å². The number of hydrogen-bond donors (Lipinski definition) is 0. The molecule has 0 spiro atoms. The van der Waals surface area contributed by atoms with Crippen LogP contribution in [0.3, 0.4) is 0 Å². The molecule has 122 valence electrons. The Kier molecular flexibility index (Phi) is 5.46. The Labute approximate surface area is 150 Å². The second-order valence-electron chi connectivity index (χ2n) is 5.80. The number of benzene rings is 2. The monoisotopic (exact) mass is 395 g/mol. The fourth-order valence-electron chi connectivity index (χ4n) is 2.65. The number of halogens is 2. The van der Waals surface area contributed by atoms with Crippen LogP contribution in [-0.2, 0) is 6.61 Å². The second kappa shape index (κ2) is 7.56. The molecule has 23 heavy (non-hydrogen) atoms. The van der Waals surface area contributed by atoms with E-state index < -0.39 is 0 Å². The van der Waals surface area contributed by atoms with Gasteiger partial charge in [-0.3, -0.25) is 0 Å². The largest absolute Gasteiger partial charge is 0.485 e. The molecule has 0 aromatic heterocycles.